The van der Waals surface area contributed by atoms with Gasteiger partial charge in [-0.05, 0) is 30.3 Å². The summed E-state index contributed by atoms with van der Waals surface area (Å²) in [6, 6.07) is 6.56. The van der Waals surface area contributed by atoms with E-state index in [0.29, 0.717) is 18.0 Å². The lowest BCUT2D eigenvalue weighted by Gasteiger charge is -2.09. The van der Waals surface area contributed by atoms with Crippen LogP contribution in [0.25, 0.3) is 0 Å². The number of benzene rings is 1. The molecule has 3 rings (SSSR count). The number of anilines is 1. The molecule has 0 spiro atoms. The van der Waals surface area contributed by atoms with E-state index in [1.165, 1.54) is 24.3 Å². The molecule has 2 aromatic heterocycles. The Kier molecular flexibility index (Phi) is 5.04. The van der Waals surface area contributed by atoms with Gasteiger partial charge in [0.25, 0.3) is 11.5 Å². The number of carbonyl (C=O) groups is 1. The molecule has 27 heavy (non-hydrogen) atoms. The maximum atomic E-state index is 12.9. The van der Waals surface area contributed by atoms with E-state index in [1.54, 1.807) is 0 Å². The molecule has 11 heteroatoms. The third-order valence-electron chi connectivity index (χ3n) is 3.38. The summed E-state index contributed by atoms with van der Waals surface area (Å²) in [5.74, 6) is -1.07. The Labute approximate surface area is 153 Å². The number of pyridine rings is 1. The molecular weight excluding hydrogens is 388 g/mol. The molecule has 0 bridgehead atoms. The van der Waals surface area contributed by atoms with Crippen LogP contribution in [0, 0.1) is 5.82 Å². The number of halogens is 4. The van der Waals surface area contributed by atoms with Gasteiger partial charge >= 0.3 is 6.18 Å². The van der Waals surface area contributed by atoms with Crippen molar-refractivity contribution in [3.63, 3.8) is 0 Å². The second-order valence-corrected chi connectivity index (χ2v) is 6.41. The van der Waals surface area contributed by atoms with Crippen LogP contribution in [0.4, 0.5) is 23.2 Å². The molecule has 0 radical (unpaired) electrons. The van der Waals surface area contributed by atoms with Gasteiger partial charge in [0.05, 0.1) is 12.1 Å². The van der Waals surface area contributed by atoms with Crippen molar-refractivity contribution in [1.82, 2.24) is 14.8 Å². The summed E-state index contributed by atoms with van der Waals surface area (Å²) < 4.78 is 52.0. The van der Waals surface area contributed by atoms with E-state index in [1.807, 2.05) is 0 Å². The first-order valence-electron chi connectivity index (χ1n) is 7.39. The molecule has 6 nitrogen and oxygen atoms in total. The van der Waals surface area contributed by atoms with E-state index in [0.717, 1.165) is 22.0 Å². The summed E-state index contributed by atoms with van der Waals surface area (Å²) in [5.41, 5.74) is -1.27. The van der Waals surface area contributed by atoms with Crippen molar-refractivity contribution in [3.05, 3.63) is 74.3 Å². The van der Waals surface area contributed by atoms with Crippen LogP contribution in [0.15, 0.2) is 47.4 Å². The molecular formula is C16H10F4N4O2S. The molecule has 0 aliphatic rings. The Morgan fingerprint density at radius 2 is 1.81 bits per heavy atom. The fourth-order valence-electron chi connectivity index (χ4n) is 2.10. The lowest BCUT2D eigenvalue weighted by atomic mass is 10.3. The van der Waals surface area contributed by atoms with Gasteiger partial charge in [0, 0.05) is 18.0 Å². The largest absolute Gasteiger partial charge is 0.417 e. The van der Waals surface area contributed by atoms with Gasteiger partial charge in [0.2, 0.25) is 5.01 Å². The van der Waals surface area contributed by atoms with Crippen LogP contribution in [0.3, 0.4) is 0 Å². The summed E-state index contributed by atoms with van der Waals surface area (Å²) in [7, 11) is 0. The van der Waals surface area contributed by atoms with Gasteiger partial charge in [-0.1, -0.05) is 11.3 Å². The zero-order valence-corrected chi connectivity index (χ0v) is 14.1. The van der Waals surface area contributed by atoms with Crippen molar-refractivity contribution in [2.45, 2.75) is 12.7 Å². The first kappa shape index (κ1) is 18.7. The highest BCUT2D eigenvalue weighted by molar-refractivity contribution is 7.13. The zero-order valence-electron chi connectivity index (χ0n) is 13.3. The van der Waals surface area contributed by atoms with Gasteiger partial charge in [0.15, 0.2) is 0 Å². The number of amides is 1. The molecule has 0 saturated heterocycles. The predicted molar refractivity (Wildman–Crippen MR) is 89.1 cm³/mol. The molecule has 140 valence electrons. The van der Waals surface area contributed by atoms with Crippen molar-refractivity contribution in [3.8, 4) is 0 Å². The highest BCUT2D eigenvalue weighted by Crippen LogP contribution is 2.28. The second kappa shape index (κ2) is 7.27. The van der Waals surface area contributed by atoms with Gasteiger partial charge in [-0.2, -0.15) is 13.2 Å². The average molecular weight is 398 g/mol. The number of hydrogen-bond acceptors (Lipinski definition) is 5. The summed E-state index contributed by atoms with van der Waals surface area (Å²) in [6.45, 7) is -0.260. The highest BCUT2D eigenvalue weighted by atomic mass is 32.1. The Morgan fingerprint density at radius 1 is 1.11 bits per heavy atom. The Bertz CT molecular complexity index is 1030. The second-order valence-electron chi connectivity index (χ2n) is 5.34. The van der Waals surface area contributed by atoms with Crippen LogP contribution >= 0.6 is 11.3 Å². The Hall–Kier alpha value is -3.08. The number of alkyl halides is 3. The fraction of sp³-hybridized carbons (Fsp3) is 0.125. The normalized spacial score (nSPS) is 11.4. The lowest BCUT2D eigenvalue weighted by Crippen LogP contribution is -2.21. The molecule has 0 saturated carbocycles. The molecule has 2 heterocycles. The van der Waals surface area contributed by atoms with E-state index in [9.17, 15) is 27.2 Å². The summed E-state index contributed by atoms with van der Waals surface area (Å²) in [5, 5.41) is 10.0. The predicted octanol–water partition coefficient (Wildman–Crippen LogP) is 3.16. The minimum absolute atomic E-state index is 0.0469. The lowest BCUT2D eigenvalue weighted by molar-refractivity contribution is -0.138. The van der Waals surface area contributed by atoms with Gasteiger partial charge in [0.1, 0.15) is 10.8 Å². The standard InChI is InChI=1S/C16H10F4N4O2S/c17-10-2-4-11(5-3-10)21-14(26)15-23-22-12(27-15)8-24-7-9(16(18,19)20)1-6-13(24)25/h1-7H,8H2,(H,21,26). The number of hydrogen-bond donors (Lipinski definition) is 1. The van der Waals surface area contributed by atoms with Crippen LogP contribution in [0.5, 0.6) is 0 Å². The van der Waals surface area contributed by atoms with E-state index >= 15 is 0 Å². The summed E-state index contributed by atoms with van der Waals surface area (Å²) in [6.07, 6.45) is -3.90. The quantitative estimate of drug-likeness (QED) is 0.685. The molecule has 0 aliphatic heterocycles. The maximum Gasteiger partial charge on any atom is 0.417 e. The van der Waals surface area contributed by atoms with Crippen LogP contribution in [-0.2, 0) is 12.7 Å². The molecule has 0 aliphatic carbocycles. The first-order chi connectivity index (χ1) is 12.7. The van der Waals surface area contributed by atoms with E-state index in [-0.39, 0.29) is 16.6 Å². The summed E-state index contributed by atoms with van der Waals surface area (Å²) in [4.78, 5) is 23.9. The SMILES string of the molecule is O=C(Nc1ccc(F)cc1)c1nnc(Cn2cc(C(F)(F)F)ccc2=O)s1. The summed E-state index contributed by atoms with van der Waals surface area (Å²) >= 11 is 0.831. The number of carbonyl (C=O) groups excluding carboxylic acids is 1. The van der Waals surface area contributed by atoms with Crippen LogP contribution in [-0.4, -0.2) is 20.7 Å². The van der Waals surface area contributed by atoms with Gasteiger partial charge in [-0.15, -0.1) is 10.2 Å². The van der Waals surface area contributed by atoms with Gasteiger partial charge in [-0.3, -0.25) is 9.59 Å². The average Bonchev–Trinajstić information content (AvgIpc) is 3.06. The van der Waals surface area contributed by atoms with Crippen LogP contribution in [0.2, 0.25) is 0 Å². The topological polar surface area (TPSA) is 76.9 Å². The number of rotatable bonds is 4. The molecule has 0 fully saturated rings. The van der Waals surface area contributed by atoms with E-state index in [4.69, 9.17) is 0 Å². The minimum atomic E-state index is -4.59. The molecule has 1 aromatic carbocycles. The zero-order chi connectivity index (χ0) is 19.6. The molecule has 1 N–H and O–H groups in total. The van der Waals surface area contributed by atoms with Crippen molar-refractivity contribution < 1.29 is 22.4 Å². The first-order valence-corrected chi connectivity index (χ1v) is 8.21. The molecule has 3 aromatic rings. The third kappa shape index (κ3) is 4.56. The third-order valence-corrected chi connectivity index (χ3v) is 4.29. The van der Waals surface area contributed by atoms with Crippen molar-refractivity contribution in [1.29, 1.82) is 0 Å². The molecule has 0 unspecified atom stereocenters. The fourth-order valence-corrected chi connectivity index (χ4v) is 2.83. The van der Waals surface area contributed by atoms with Crippen molar-refractivity contribution in [2.24, 2.45) is 0 Å². The van der Waals surface area contributed by atoms with Crippen molar-refractivity contribution in [2.75, 3.05) is 5.32 Å². The number of aromatic nitrogens is 3. The smallest absolute Gasteiger partial charge is 0.320 e. The maximum absolute atomic E-state index is 12.9. The Morgan fingerprint density at radius 3 is 2.48 bits per heavy atom. The van der Waals surface area contributed by atoms with E-state index in [2.05, 4.69) is 15.5 Å². The number of nitrogens with zero attached hydrogens (tertiary/aromatic N) is 3. The Balaban J connectivity index is 1.75. The van der Waals surface area contributed by atoms with Crippen molar-refractivity contribution >= 4 is 22.9 Å². The van der Waals surface area contributed by atoms with Gasteiger partial charge in [-0.25, -0.2) is 4.39 Å². The minimum Gasteiger partial charge on any atom is -0.320 e. The van der Waals surface area contributed by atoms with E-state index < -0.39 is 29.0 Å². The number of nitrogens with one attached hydrogen (secondary N) is 1. The monoisotopic (exact) mass is 398 g/mol. The molecule has 0 atom stereocenters. The molecule has 1 amide bonds. The van der Waals surface area contributed by atoms with Gasteiger partial charge < -0.3 is 9.88 Å². The van der Waals surface area contributed by atoms with Crippen LogP contribution in [0.1, 0.15) is 20.4 Å². The van der Waals surface area contributed by atoms with Crippen LogP contribution < -0.4 is 10.9 Å². The highest BCUT2D eigenvalue weighted by Gasteiger charge is 2.31.